The zero-order valence-electron chi connectivity index (χ0n) is 17.2. The first-order chi connectivity index (χ1) is 14.6. The molecule has 154 valence electrons. The Morgan fingerprint density at radius 2 is 2.10 bits per heavy atom. The number of benzene rings is 1. The first kappa shape index (κ1) is 18.8. The lowest BCUT2D eigenvalue weighted by atomic mass is 9.80. The molecular formula is C22H26N8. The van der Waals surface area contributed by atoms with E-state index in [-0.39, 0.29) is 5.41 Å². The molecule has 0 saturated carbocycles. The Bertz CT molecular complexity index is 1120. The molecular weight excluding hydrogens is 376 g/mol. The van der Waals surface area contributed by atoms with Gasteiger partial charge in [-0.05, 0) is 55.3 Å². The summed E-state index contributed by atoms with van der Waals surface area (Å²) in [7, 11) is 0. The molecule has 0 amide bonds. The van der Waals surface area contributed by atoms with Crippen molar-refractivity contribution in [1.29, 1.82) is 5.26 Å². The predicted octanol–water partition coefficient (Wildman–Crippen LogP) is 2.87. The molecule has 2 aliphatic rings. The summed E-state index contributed by atoms with van der Waals surface area (Å²) in [5.74, 6) is 1.65. The molecule has 30 heavy (non-hydrogen) atoms. The van der Waals surface area contributed by atoms with E-state index in [0.29, 0.717) is 5.65 Å². The lowest BCUT2D eigenvalue weighted by molar-refractivity contribution is 0.258. The maximum atomic E-state index is 9.46. The van der Waals surface area contributed by atoms with Gasteiger partial charge in [0.15, 0.2) is 17.0 Å². The molecule has 1 saturated heterocycles. The smallest absolute Gasteiger partial charge is 0.183 e. The van der Waals surface area contributed by atoms with Crippen molar-refractivity contribution in [3.8, 4) is 6.07 Å². The van der Waals surface area contributed by atoms with Gasteiger partial charge in [0.2, 0.25) is 0 Å². The van der Waals surface area contributed by atoms with Crippen LogP contribution < -0.4 is 15.5 Å². The summed E-state index contributed by atoms with van der Waals surface area (Å²) >= 11 is 0. The molecule has 8 nitrogen and oxygen atoms in total. The van der Waals surface area contributed by atoms with Crippen LogP contribution in [0.3, 0.4) is 0 Å². The van der Waals surface area contributed by atoms with E-state index in [9.17, 15) is 5.26 Å². The van der Waals surface area contributed by atoms with Crippen LogP contribution in [0.15, 0.2) is 24.4 Å². The molecule has 0 aliphatic carbocycles. The molecule has 2 aromatic heterocycles. The molecule has 1 fully saturated rings. The lowest BCUT2D eigenvalue weighted by Gasteiger charge is -2.39. The largest absolute Gasteiger partial charge is 0.355 e. The van der Waals surface area contributed by atoms with Crippen molar-refractivity contribution in [2.45, 2.75) is 32.6 Å². The van der Waals surface area contributed by atoms with Crippen molar-refractivity contribution >= 4 is 28.5 Å². The van der Waals surface area contributed by atoms with Crippen molar-refractivity contribution in [3.05, 3.63) is 35.5 Å². The van der Waals surface area contributed by atoms with Crippen LogP contribution in [-0.4, -0.2) is 46.3 Å². The molecule has 0 bridgehead atoms. The Hall–Kier alpha value is -3.18. The van der Waals surface area contributed by atoms with Gasteiger partial charge in [0.05, 0.1) is 17.8 Å². The van der Waals surface area contributed by atoms with Gasteiger partial charge in [0.1, 0.15) is 5.82 Å². The fraction of sp³-hybridized carbons (Fsp3) is 0.455. The number of nitrogens with two attached hydrogens (primary N) is 1. The van der Waals surface area contributed by atoms with Crippen LogP contribution in [0.2, 0.25) is 0 Å². The summed E-state index contributed by atoms with van der Waals surface area (Å²) in [5.41, 5.74) is 10.5. The molecule has 2 aliphatic heterocycles. The first-order valence-electron chi connectivity index (χ1n) is 10.6. The maximum Gasteiger partial charge on any atom is 0.183 e. The Balaban J connectivity index is 1.46. The number of nitriles is 1. The summed E-state index contributed by atoms with van der Waals surface area (Å²) in [5, 5.41) is 17.1. The second-order valence-electron chi connectivity index (χ2n) is 8.64. The summed E-state index contributed by atoms with van der Waals surface area (Å²) in [6.45, 7) is 5.69. The van der Waals surface area contributed by atoms with Crippen molar-refractivity contribution < 1.29 is 0 Å². The van der Waals surface area contributed by atoms with E-state index in [0.717, 1.165) is 85.8 Å². The van der Waals surface area contributed by atoms with Crippen molar-refractivity contribution in [1.82, 2.24) is 20.2 Å². The summed E-state index contributed by atoms with van der Waals surface area (Å²) < 4.78 is 0. The van der Waals surface area contributed by atoms with E-state index in [4.69, 9.17) is 15.7 Å². The zero-order valence-corrected chi connectivity index (χ0v) is 17.2. The Labute approximate surface area is 175 Å². The quantitative estimate of drug-likeness (QED) is 0.693. The molecule has 5 rings (SSSR count). The van der Waals surface area contributed by atoms with Crippen molar-refractivity contribution in [2.24, 2.45) is 11.1 Å². The highest BCUT2D eigenvalue weighted by Crippen LogP contribution is 2.37. The average molecular weight is 403 g/mol. The third-order valence-electron chi connectivity index (χ3n) is 6.65. The number of nitrogens with one attached hydrogen (secondary N) is 1. The van der Waals surface area contributed by atoms with Crippen LogP contribution >= 0.6 is 0 Å². The summed E-state index contributed by atoms with van der Waals surface area (Å²) in [6, 6.07) is 8.18. The minimum Gasteiger partial charge on any atom is -0.355 e. The van der Waals surface area contributed by atoms with Gasteiger partial charge in [-0.1, -0.05) is 13.0 Å². The first-order valence-corrected chi connectivity index (χ1v) is 10.6. The van der Waals surface area contributed by atoms with Crippen LogP contribution in [0.1, 0.15) is 37.3 Å². The molecule has 3 aromatic rings. The second kappa shape index (κ2) is 7.26. The molecule has 8 heteroatoms. The van der Waals surface area contributed by atoms with Gasteiger partial charge in [-0.15, -0.1) is 0 Å². The number of fused-ring (bicyclic) bond motifs is 2. The molecule has 0 radical (unpaired) electrons. The molecule has 1 aromatic carbocycles. The van der Waals surface area contributed by atoms with E-state index >= 15 is 0 Å². The van der Waals surface area contributed by atoms with Gasteiger partial charge in [-0.25, -0.2) is 9.97 Å². The molecule has 0 spiro atoms. The average Bonchev–Trinajstić information content (AvgIpc) is 3.22. The fourth-order valence-electron chi connectivity index (χ4n) is 4.55. The minimum atomic E-state index is 0.221. The van der Waals surface area contributed by atoms with Gasteiger partial charge in [-0.2, -0.15) is 10.4 Å². The Morgan fingerprint density at radius 1 is 1.27 bits per heavy atom. The van der Waals surface area contributed by atoms with Gasteiger partial charge in [0, 0.05) is 25.3 Å². The molecule has 0 unspecified atom stereocenters. The topological polar surface area (TPSA) is 111 Å². The van der Waals surface area contributed by atoms with Crippen LogP contribution in [-0.2, 0) is 6.42 Å². The number of aromatic nitrogens is 4. The fourth-order valence-corrected chi connectivity index (χ4v) is 4.55. The van der Waals surface area contributed by atoms with Gasteiger partial charge in [-0.3, -0.25) is 5.10 Å². The second-order valence-corrected chi connectivity index (χ2v) is 8.64. The van der Waals surface area contributed by atoms with Crippen LogP contribution in [0.25, 0.3) is 11.2 Å². The van der Waals surface area contributed by atoms with Crippen LogP contribution in [0.5, 0.6) is 0 Å². The Kier molecular flexibility index (Phi) is 4.55. The monoisotopic (exact) mass is 402 g/mol. The zero-order chi connectivity index (χ0) is 20.7. The van der Waals surface area contributed by atoms with Gasteiger partial charge in [0.25, 0.3) is 0 Å². The predicted molar refractivity (Wildman–Crippen MR) is 117 cm³/mol. The number of anilines is 3. The normalized spacial score (nSPS) is 18.3. The highest BCUT2D eigenvalue weighted by Gasteiger charge is 2.30. The SMILES string of the molecule is CC1(CN)CCN(c2cnc3c(N4CCCc5c(C#N)cccc54)n[nH]c3n2)CC1. The summed E-state index contributed by atoms with van der Waals surface area (Å²) in [4.78, 5) is 14.0. The number of hydrogen-bond acceptors (Lipinski definition) is 7. The molecule has 4 heterocycles. The van der Waals surface area contributed by atoms with E-state index in [1.807, 2.05) is 18.3 Å². The molecule has 0 atom stereocenters. The van der Waals surface area contributed by atoms with Crippen molar-refractivity contribution in [2.75, 3.05) is 36.0 Å². The highest BCUT2D eigenvalue weighted by molar-refractivity contribution is 5.88. The van der Waals surface area contributed by atoms with E-state index in [1.54, 1.807) is 0 Å². The number of nitrogens with zero attached hydrogens (tertiary/aromatic N) is 6. The van der Waals surface area contributed by atoms with Crippen molar-refractivity contribution in [3.63, 3.8) is 0 Å². The number of aromatic amines is 1. The number of rotatable bonds is 3. The van der Waals surface area contributed by atoms with E-state index < -0.39 is 0 Å². The van der Waals surface area contributed by atoms with E-state index in [2.05, 4.69) is 39.1 Å². The number of H-pyrrole nitrogens is 1. The standard InChI is InChI=1S/C22H26N8/c1-22(14-24)7-10-29(11-8-22)18-13-25-19-20(26-18)27-28-21(19)30-9-3-5-16-15(12-23)4-2-6-17(16)30/h2,4,6,13H,3,5,7-11,14,24H2,1H3,(H,26,27,28). The summed E-state index contributed by atoms with van der Waals surface area (Å²) in [6.07, 6.45) is 5.85. The molecule has 3 N–H and O–H groups in total. The Morgan fingerprint density at radius 3 is 2.87 bits per heavy atom. The van der Waals surface area contributed by atoms with Crippen LogP contribution in [0.4, 0.5) is 17.3 Å². The highest BCUT2D eigenvalue weighted by atomic mass is 15.3. The third-order valence-corrected chi connectivity index (χ3v) is 6.65. The van der Waals surface area contributed by atoms with E-state index in [1.165, 1.54) is 0 Å². The third kappa shape index (κ3) is 3.06. The lowest BCUT2D eigenvalue weighted by Crippen LogP contribution is -2.42. The van der Waals surface area contributed by atoms with Gasteiger partial charge >= 0.3 is 0 Å². The van der Waals surface area contributed by atoms with Crippen LogP contribution in [0, 0.1) is 16.7 Å². The number of piperidine rings is 1. The minimum absolute atomic E-state index is 0.221. The van der Waals surface area contributed by atoms with Gasteiger partial charge < -0.3 is 15.5 Å². The maximum absolute atomic E-state index is 9.46. The number of hydrogen-bond donors (Lipinski definition) is 2.